The van der Waals surface area contributed by atoms with E-state index >= 15 is 0 Å². The Morgan fingerprint density at radius 3 is 2.28 bits per heavy atom. The summed E-state index contributed by atoms with van der Waals surface area (Å²) >= 11 is 0. The zero-order chi connectivity index (χ0) is 25.3. The van der Waals surface area contributed by atoms with Crippen LogP contribution < -0.4 is 4.74 Å². The maximum atomic E-state index is 14.8. The van der Waals surface area contributed by atoms with Crippen molar-refractivity contribution in [1.29, 1.82) is 0 Å². The molecule has 1 aliphatic rings. The van der Waals surface area contributed by atoms with Crippen molar-refractivity contribution in [2.24, 2.45) is 0 Å². The van der Waals surface area contributed by atoms with Crippen molar-refractivity contribution in [3.8, 4) is 16.9 Å². The lowest BCUT2D eigenvalue weighted by Gasteiger charge is -2.23. The quantitative estimate of drug-likeness (QED) is 0.205. The lowest BCUT2D eigenvalue weighted by Crippen LogP contribution is -2.07. The summed E-state index contributed by atoms with van der Waals surface area (Å²) in [5.74, 6) is -1.29. The Balaban J connectivity index is 1.39. The van der Waals surface area contributed by atoms with Crippen molar-refractivity contribution in [1.82, 2.24) is 0 Å². The minimum Gasteiger partial charge on any atom is -0.490 e. The van der Waals surface area contributed by atoms with Crippen molar-refractivity contribution in [3.63, 3.8) is 0 Å². The van der Waals surface area contributed by atoms with Gasteiger partial charge >= 0.3 is 0 Å². The molecule has 0 aliphatic heterocycles. The topological polar surface area (TPSA) is 9.23 Å². The van der Waals surface area contributed by atoms with Gasteiger partial charge in [-0.15, -0.1) is 0 Å². The van der Waals surface area contributed by atoms with Gasteiger partial charge in [0.25, 0.3) is 0 Å². The maximum Gasteiger partial charge on any atom is 0.201 e. The van der Waals surface area contributed by atoms with Crippen LogP contribution in [0.4, 0.5) is 8.78 Å². The van der Waals surface area contributed by atoms with Crippen molar-refractivity contribution >= 4 is 5.57 Å². The monoisotopic (exact) mass is 486 g/mol. The zero-order valence-corrected chi connectivity index (χ0v) is 21.4. The van der Waals surface area contributed by atoms with Crippen molar-refractivity contribution in [3.05, 3.63) is 107 Å². The van der Waals surface area contributed by atoms with E-state index in [1.807, 2.05) is 6.92 Å². The SMILES string of the molecule is C/C=C/CCc1ccc(-c2ccc(C3CC=C(c4ccc(OCCCC)c(F)c4F)CC3)cc2)cc1. The third-order valence-electron chi connectivity index (χ3n) is 7.06. The normalized spacial score (nSPS) is 15.8. The van der Waals surface area contributed by atoms with Crippen LogP contribution in [0, 0.1) is 11.6 Å². The van der Waals surface area contributed by atoms with Crippen LogP contribution in [0.2, 0.25) is 0 Å². The van der Waals surface area contributed by atoms with Crippen LogP contribution in [0.25, 0.3) is 16.7 Å². The summed E-state index contributed by atoms with van der Waals surface area (Å²) in [6.07, 6.45) is 12.7. The van der Waals surface area contributed by atoms with Gasteiger partial charge in [-0.25, -0.2) is 4.39 Å². The Morgan fingerprint density at radius 2 is 1.64 bits per heavy atom. The number of hydrogen-bond acceptors (Lipinski definition) is 1. The first-order valence-electron chi connectivity index (χ1n) is 13.2. The second-order valence-corrected chi connectivity index (χ2v) is 9.57. The molecule has 3 aromatic rings. The number of benzene rings is 3. The Hall–Kier alpha value is -3.20. The molecule has 0 N–H and O–H groups in total. The highest BCUT2D eigenvalue weighted by Gasteiger charge is 2.22. The lowest BCUT2D eigenvalue weighted by molar-refractivity contribution is 0.288. The van der Waals surface area contributed by atoms with E-state index in [0.717, 1.165) is 50.5 Å². The summed E-state index contributed by atoms with van der Waals surface area (Å²) in [5.41, 5.74) is 6.33. The molecular formula is C33H36F2O. The Kier molecular flexibility index (Phi) is 9.11. The molecule has 0 fully saturated rings. The molecule has 1 nitrogen and oxygen atoms in total. The molecule has 0 amide bonds. The fourth-order valence-electron chi connectivity index (χ4n) is 4.83. The van der Waals surface area contributed by atoms with Crippen LogP contribution in [0.15, 0.2) is 78.9 Å². The first-order valence-corrected chi connectivity index (χ1v) is 13.2. The summed E-state index contributed by atoms with van der Waals surface area (Å²) in [4.78, 5) is 0. The van der Waals surface area contributed by atoms with Gasteiger partial charge in [-0.2, -0.15) is 4.39 Å². The molecule has 4 rings (SSSR count). The van der Waals surface area contributed by atoms with E-state index in [9.17, 15) is 8.78 Å². The summed E-state index contributed by atoms with van der Waals surface area (Å²) in [6, 6.07) is 20.8. The minimum absolute atomic E-state index is 0.00219. The van der Waals surface area contributed by atoms with Crippen LogP contribution in [0.5, 0.6) is 5.75 Å². The number of allylic oxidation sites excluding steroid dienone is 4. The molecule has 0 spiro atoms. The number of halogens is 2. The van der Waals surface area contributed by atoms with Crippen molar-refractivity contribution in [2.45, 2.75) is 64.7 Å². The van der Waals surface area contributed by atoms with E-state index in [2.05, 4.69) is 73.7 Å². The highest BCUT2D eigenvalue weighted by molar-refractivity contribution is 5.68. The molecule has 0 saturated carbocycles. The summed E-state index contributed by atoms with van der Waals surface area (Å²) in [5, 5.41) is 0. The Labute approximate surface area is 214 Å². The largest absolute Gasteiger partial charge is 0.490 e. The average molecular weight is 487 g/mol. The van der Waals surface area contributed by atoms with E-state index in [1.165, 1.54) is 22.3 Å². The fourth-order valence-corrected chi connectivity index (χ4v) is 4.83. The predicted octanol–water partition coefficient (Wildman–Crippen LogP) is 9.67. The van der Waals surface area contributed by atoms with Gasteiger partial charge in [0.05, 0.1) is 6.61 Å². The third kappa shape index (κ3) is 6.32. The maximum absolute atomic E-state index is 14.8. The van der Waals surface area contributed by atoms with Gasteiger partial charge in [0.15, 0.2) is 11.6 Å². The number of rotatable bonds is 10. The molecule has 1 aliphatic carbocycles. The molecule has 3 aromatic carbocycles. The number of aryl methyl sites for hydroxylation is 1. The van der Waals surface area contributed by atoms with Gasteiger partial charge in [-0.05, 0) is 91.3 Å². The molecule has 0 radical (unpaired) electrons. The van der Waals surface area contributed by atoms with Crippen LogP contribution in [0.1, 0.15) is 75.0 Å². The molecule has 0 heterocycles. The van der Waals surface area contributed by atoms with Gasteiger partial charge in [0.2, 0.25) is 5.82 Å². The van der Waals surface area contributed by atoms with Crippen LogP contribution >= 0.6 is 0 Å². The molecule has 0 bridgehead atoms. The molecule has 0 saturated heterocycles. The molecule has 1 unspecified atom stereocenters. The number of hydrogen-bond donors (Lipinski definition) is 0. The van der Waals surface area contributed by atoms with Crippen molar-refractivity contribution < 1.29 is 13.5 Å². The molecule has 0 aromatic heterocycles. The van der Waals surface area contributed by atoms with E-state index in [1.54, 1.807) is 12.1 Å². The van der Waals surface area contributed by atoms with E-state index in [-0.39, 0.29) is 5.75 Å². The van der Waals surface area contributed by atoms with E-state index < -0.39 is 11.6 Å². The fraction of sp³-hybridized carbons (Fsp3) is 0.333. The number of unbranched alkanes of at least 4 members (excludes halogenated alkanes) is 1. The van der Waals surface area contributed by atoms with Crippen LogP contribution in [-0.4, -0.2) is 6.61 Å². The Morgan fingerprint density at radius 1 is 0.917 bits per heavy atom. The van der Waals surface area contributed by atoms with E-state index in [0.29, 0.717) is 18.1 Å². The first kappa shape index (κ1) is 25.9. The minimum atomic E-state index is -0.881. The second-order valence-electron chi connectivity index (χ2n) is 9.57. The summed E-state index contributed by atoms with van der Waals surface area (Å²) < 4.78 is 34.7. The Bertz CT molecular complexity index is 1190. The highest BCUT2D eigenvalue weighted by atomic mass is 19.2. The first-order chi connectivity index (χ1) is 17.6. The van der Waals surface area contributed by atoms with Crippen LogP contribution in [0.3, 0.4) is 0 Å². The van der Waals surface area contributed by atoms with Gasteiger partial charge < -0.3 is 4.74 Å². The second kappa shape index (κ2) is 12.7. The zero-order valence-electron chi connectivity index (χ0n) is 21.4. The molecule has 1 atom stereocenters. The van der Waals surface area contributed by atoms with Gasteiger partial charge in [-0.3, -0.25) is 0 Å². The van der Waals surface area contributed by atoms with Crippen molar-refractivity contribution in [2.75, 3.05) is 6.61 Å². The smallest absolute Gasteiger partial charge is 0.201 e. The molecule has 188 valence electrons. The lowest BCUT2D eigenvalue weighted by atomic mass is 9.82. The standard InChI is InChI=1S/C33H36F2O/c1-3-5-7-8-24-9-11-25(12-10-24)26-13-15-27(16-14-26)28-17-19-29(20-18-28)30-21-22-31(33(35)32(30)34)36-23-6-4-2/h3,5,9-16,19,21-22,28H,4,6-8,17-18,20,23H2,1-2H3/b5-3+. The highest BCUT2D eigenvalue weighted by Crippen LogP contribution is 2.38. The molecule has 3 heteroatoms. The van der Waals surface area contributed by atoms with E-state index in [4.69, 9.17) is 4.74 Å². The average Bonchev–Trinajstić information content (AvgIpc) is 2.92. The third-order valence-corrected chi connectivity index (χ3v) is 7.06. The summed E-state index contributed by atoms with van der Waals surface area (Å²) in [6.45, 7) is 4.49. The molecular weight excluding hydrogens is 450 g/mol. The summed E-state index contributed by atoms with van der Waals surface area (Å²) in [7, 11) is 0. The van der Waals surface area contributed by atoms with Crippen LogP contribution in [-0.2, 0) is 6.42 Å². The predicted molar refractivity (Wildman–Crippen MR) is 146 cm³/mol. The van der Waals surface area contributed by atoms with Gasteiger partial charge in [0.1, 0.15) is 0 Å². The van der Waals surface area contributed by atoms with Gasteiger partial charge in [-0.1, -0.05) is 80.1 Å². The number of ether oxygens (including phenoxy) is 1. The molecule has 36 heavy (non-hydrogen) atoms. The van der Waals surface area contributed by atoms with Gasteiger partial charge in [0, 0.05) is 5.56 Å².